The summed E-state index contributed by atoms with van der Waals surface area (Å²) in [5.74, 6) is -1.68. The molecule has 4 rings (SSSR count). The third kappa shape index (κ3) is 8.63. The summed E-state index contributed by atoms with van der Waals surface area (Å²) in [6.07, 6.45) is 1.70. The standard InChI is InChI=1S/C33H28Cl2FN3O4S/c1-3-30(33(42)38-27-17-21(34)15-16-29(27)43-2)44-23-12-7-11-22(18-23)37-32(41)28(19-24-25(35)13-8-14-26(24)36)39-31(40)20-9-5-4-6-10-20/h4-19,30H,3H2,1-2H3,(H,37,41)(H,38,42)(H,39,40)/b28-19+. The Labute approximate surface area is 268 Å². The van der Waals surface area contributed by atoms with Crippen LogP contribution in [0, 0.1) is 5.82 Å². The van der Waals surface area contributed by atoms with Gasteiger partial charge in [0.1, 0.15) is 17.3 Å². The van der Waals surface area contributed by atoms with Crippen LogP contribution in [0.2, 0.25) is 10.0 Å². The topological polar surface area (TPSA) is 96.5 Å². The van der Waals surface area contributed by atoms with Crippen LogP contribution in [-0.2, 0) is 9.59 Å². The predicted octanol–water partition coefficient (Wildman–Crippen LogP) is 8.06. The van der Waals surface area contributed by atoms with Gasteiger partial charge < -0.3 is 20.7 Å². The first-order valence-corrected chi connectivity index (χ1v) is 15.1. The molecule has 0 spiro atoms. The van der Waals surface area contributed by atoms with E-state index in [1.54, 1.807) is 66.7 Å². The highest BCUT2D eigenvalue weighted by molar-refractivity contribution is 8.00. The number of anilines is 2. The minimum absolute atomic E-state index is 0.0508. The van der Waals surface area contributed by atoms with Gasteiger partial charge in [0.2, 0.25) is 5.91 Å². The zero-order chi connectivity index (χ0) is 31.6. The molecule has 3 amide bonds. The molecule has 226 valence electrons. The van der Waals surface area contributed by atoms with Crippen molar-refractivity contribution in [3.63, 3.8) is 0 Å². The molecule has 7 nitrogen and oxygen atoms in total. The molecular formula is C33H28Cl2FN3O4S. The zero-order valence-corrected chi connectivity index (χ0v) is 26.0. The zero-order valence-electron chi connectivity index (χ0n) is 23.7. The lowest BCUT2D eigenvalue weighted by molar-refractivity contribution is -0.116. The van der Waals surface area contributed by atoms with E-state index < -0.39 is 22.9 Å². The summed E-state index contributed by atoms with van der Waals surface area (Å²) in [7, 11) is 1.50. The summed E-state index contributed by atoms with van der Waals surface area (Å²) in [4.78, 5) is 40.2. The number of methoxy groups -OCH3 is 1. The fourth-order valence-corrected chi connectivity index (χ4v) is 5.46. The van der Waals surface area contributed by atoms with E-state index in [-0.39, 0.29) is 22.2 Å². The van der Waals surface area contributed by atoms with Gasteiger partial charge in [0.25, 0.3) is 11.8 Å². The van der Waals surface area contributed by atoms with E-state index >= 15 is 0 Å². The maximum absolute atomic E-state index is 14.6. The number of hydrogen-bond acceptors (Lipinski definition) is 5. The van der Waals surface area contributed by atoms with Crippen molar-refractivity contribution in [3.8, 4) is 5.75 Å². The third-order valence-corrected chi connectivity index (χ3v) is 8.19. The summed E-state index contributed by atoms with van der Waals surface area (Å²) in [6.45, 7) is 1.89. The number of thioether (sulfide) groups is 1. The molecule has 4 aromatic rings. The Morgan fingerprint density at radius 3 is 2.39 bits per heavy atom. The Kier molecular flexibility index (Phi) is 11.4. The van der Waals surface area contributed by atoms with Gasteiger partial charge in [0.15, 0.2) is 0 Å². The molecule has 0 saturated heterocycles. The predicted molar refractivity (Wildman–Crippen MR) is 175 cm³/mol. The molecule has 0 aliphatic rings. The second-order valence-electron chi connectivity index (χ2n) is 9.34. The minimum Gasteiger partial charge on any atom is -0.495 e. The molecule has 0 aromatic heterocycles. The highest BCUT2D eigenvalue weighted by atomic mass is 35.5. The fourth-order valence-electron chi connectivity index (χ4n) is 4.06. The van der Waals surface area contributed by atoms with Crippen molar-refractivity contribution in [3.05, 3.63) is 124 Å². The number of amides is 3. The van der Waals surface area contributed by atoms with Crippen LogP contribution >= 0.6 is 35.0 Å². The van der Waals surface area contributed by atoms with E-state index in [0.29, 0.717) is 39.0 Å². The van der Waals surface area contributed by atoms with Crippen LogP contribution in [0.3, 0.4) is 0 Å². The summed E-state index contributed by atoms with van der Waals surface area (Å²) in [5.41, 5.74) is 0.891. The normalized spacial score (nSPS) is 11.8. The van der Waals surface area contributed by atoms with Gasteiger partial charge in [0, 0.05) is 26.7 Å². The van der Waals surface area contributed by atoms with Gasteiger partial charge >= 0.3 is 0 Å². The Hall–Kier alpha value is -4.31. The molecular weight excluding hydrogens is 624 g/mol. The molecule has 3 N–H and O–H groups in total. The van der Waals surface area contributed by atoms with Gasteiger partial charge in [-0.15, -0.1) is 11.8 Å². The first-order chi connectivity index (χ1) is 21.2. The largest absolute Gasteiger partial charge is 0.495 e. The summed E-state index contributed by atoms with van der Waals surface area (Å²) in [6, 6.07) is 24.3. The number of hydrogen-bond donors (Lipinski definition) is 3. The molecule has 0 aliphatic heterocycles. The monoisotopic (exact) mass is 651 g/mol. The molecule has 44 heavy (non-hydrogen) atoms. The number of carbonyl (C=O) groups is 3. The van der Waals surface area contributed by atoms with Crippen LogP contribution in [0.1, 0.15) is 29.3 Å². The van der Waals surface area contributed by atoms with Gasteiger partial charge in [-0.2, -0.15) is 0 Å². The first kappa shape index (κ1) is 32.6. The Balaban J connectivity index is 1.54. The lowest BCUT2D eigenvalue weighted by atomic mass is 10.1. The fraction of sp³-hybridized carbons (Fsp3) is 0.121. The van der Waals surface area contributed by atoms with Gasteiger partial charge in [-0.05, 0) is 73.2 Å². The van der Waals surface area contributed by atoms with Crippen molar-refractivity contribution in [2.75, 3.05) is 17.7 Å². The maximum atomic E-state index is 14.6. The van der Waals surface area contributed by atoms with Crippen LogP contribution in [0.25, 0.3) is 6.08 Å². The Morgan fingerprint density at radius 1 is 0.932 bits per heavy atom. The van der Waals surface area contributed by atoms with E-state index in [4.69, 9.17) is 27.9 Å². The van der Waals surface area contributed by atoms with Crippen LogP contribution < -0.4 is 20.7 Å². The van der Waals surface area contributed by atoms with Crippen LogP contribution in [0.4, 0.5) is 15.8 Å². The SMILES string of the molecule is CCC(Sc1cccc(NC(=O)/C(=C\c2c(F)cccc2Cl)NC(=O)c2ccccc2)c1)C(=O)Nc1cc(Cl)ccc1OC. The number of benzene rings is 4. The molecule has 0 bridgehead atoms. The highest BCUT2D eigenvalue weighted by Crippen LogP contribution is 2.32. The van der Waals surface area contributed by atoms with E-state index in [1.165, 1.54) is 43.1 Å². The van der Waals surface area contributed by atoms with E-state index in [1.807, 2.05) is 13.0 Å². The average Bonchev–Trinajstić information content (AvgIpc) is 3.01. The van der Waals surface area contributed by atoms with E-state index in [9.17, 15) is 18.8 Å². The van der Waals surface area contributed by atoms with Gasteiger partial charge in [-0.3, -0.25) is 14.4 Å². The number of nitrogens with one attached hydrogen (secondary N) is 3. The molecule has 1 unspecified atom stereocenters. The highest BCUT2D eigenvalue weighted by Gasteiger charge is 2.21. The van der Waals surface area contributed by atoms with Gasteiger partial charge in [-0.25, -0.2) is 4.39 Å². The number of halogens is 3. The Morgan fingerprint density at radius 2 is 1.68 bits per heavy atom. The molecule has 4 aromatic carbocycles. The number of ether oxygens (including phenoxy) is 1. The van der Waals surface area contributed by atoms with Crippen molar-refractivity contribution in [1.29, 1.82) is 0 Å². The second-order valence-corrected chi connectivity index (χ2v) is 11.5. The van der Waals surface area contributed by atoms with Gasteiger partial charge in [-0.1, -0.05) is 60.5 Å². The molecule has 0 heterocycles. The van der Waals surface area contributed by atoms with Gasteiger partial charge in [0.05, 0.1) is 23.1 Å². The van der Waals surface area contributed by atoms with Crippen molar-refractivity contribution in [2.45, 2.75) is 23.5 Å². The summed E-state index contributed by atoms with van der Waals surface area (Å²) < 4.78 is 19.9. The van der Waals surface area contributed by atoms with Crippen LogP contribution in [-0.4, -0.2) is 30.1 Å². The lowest BCUT2D eigenvalue weighted by Crippen LogP contribution is -2.30. The van der Waals surface area contributed by atoms with Crippen LogP contribution in [0.15, 0.2) is 102 Å². The summed E-state index contributed by atoms with van der Waals surface area (Å²) >= 11 is 13.6. The number of rotatable bonds is 11. The van der Waals surface area contributed by atoms with Crippen molar-refractivity contribution >= 4 is 70.1 Å². The van der Waals surface area contributed by atoms with E-state index in [0.717, 1.165) is 0 Å². The Bertz CT molecular complexity index is 1680. The van der Waals surface area contributed by atoms with Crippen molar-refractivity contribution in [2.24, 2.45) is 0 Å². The molecule has 0 saturated carbocycles. The van der Waals surface area contributed by atoms with Crippen molar-refractivity contribution < 1.29 is 23.5 Å². The van der Waals surface area contributed by atoms with E-state index in [2.05, 4.69) is 16.0 Å². The summed E-state index contributed by atoms with van der Waals surface area (Å²) in [5, 5.41) is 8.24. The smallest absolute Gasteiger partial charge is 0.272 e. The lowest BCUT2D eigenvalue weighted by Gasteiger charge is -2.17. The molecule has 0 fully saturated rings. The third-order valence-electron chi connectivity index (χ3n) is 6.27. The second kappa shape index (κ2) is 15.4. The quantitative estimate of drug-likeness (QED) is 0.113. The molecule has 0 aliphatic carbocycles. The molecule has 0 radical (unpaired) electrons. The number of carbonyl (C=O) groups excluding carboxylic acids is 3. The van der Waals surface area contributed by atoms with Crippen molar-refractivity contribution in [1.82, 2.24) is 5.32 Å². The average molecular weight is 653 g/mol. The molecule has 11 heteroatoms. The molecule has 1 atom stereocenters. The first-order valence-electron chi connectivity index (χ1n) is 13.4. The minimum atomic E-state index is -0.700. The maximum Gasteiger partial charge on any atom is 0.272 e. The van der Waals surface area contributed by atoms with Crippen LogP contribution in [0.5, 0.6) is 5.75 Å².